The van der Waals surface area contributed by atoms with Crippen LogP contribution in [0.3, 0.4) is 0 Å². The zero-order valence-corrected chi connectivity index (χ0v) is 10.6. The van der Waals surface area contributed by atoms with Crippen molar-refractivity contribution in [2.75, 3.05) is 13.2 Å². The van der Waals surface area contributed by atoms with Crippen molar-refractivity contribution in [3.05, 3.63) is 0 Å². The SMILES string of the molecule is CC1CCC(C(C)C)[C@]2(C1)OCC(CO)O2. The Morgan fingerprint density at radius 1 is 1.38 bits per heavy atom. The van der Waals surface area contributed by atoms with Gasteiger partial charge >= 0.3 is 0 Å². The number of hydrogen-bond donors (Lipinski definition) is 1. The zero-order chi connectivity index (χ0) is 11.8. The van der Waals surface area contributed by atoms with Crippen molar-refractivity contribution < 1.29 is 14.6 Å². The number of ether oxygens (including phenoxy) is 2. The summed E-state index contributed by atoms with van der Waals surface area (Å²) in [4.78, 5) is 0. The zero-order valence-electron chi connectivity index (χ0n) is 10.6. The quantitative estimate of drug-likeness (QED) is 0.787. The maximum absolute atomic E-state index is 9.17. The molecule has 0 aromatic rings. The molecule has 1 spiro atoms. The van der Waals surface area contributed by atoms with Gasteiger partial charge in [0.05, 0.1) is 13.2 Å². The molecule has 0 radical (unpaired) electrons. The molecule has 1 heterocycles. The molecule has 2 aliphatic rings. The molecule has 1 N–H and O–H groups in total. The number of rotatable bonds is 2. The Morgan fingerprint density at radius 2 is 2.12 bits per heavy atom. The van der Waals surface area contributed by atoms with E-state index < -0.39 is 5.79 Å². The van der Waals surface area contributed by atoms with Gasteiger partial charge in [-0.2, -0.15) is 0 Å². The van der Waals surface area contributed by atoms with Crippen LogP contribution in [0.1, 0.15) is 40.0 Å². The Balaban J connectivity index is 2.13. The van der Waals surface area contributed by atoms with Gasteiger partial charge in [-0.25, -0.2) is 0 Å². The second kappa shape index (κ2) is 4.63. The van der Waals surface area contributed by atoms with Gasteiger partial charge in [0.15, 0.2) is 5.79 Å². The van der Waals surface area contributed by atoms with Crippen molar-refractivity contribution in [2.45, 2.75) is 51.9 Å². The molecule has 2 rings (SSSR count). The van der Waals surface area contributed by atoms with E-state index in [-0.39, 0.29) is 12.7 Å². The Kier molecular flexibility index (Phi) is 3.57. The van der Waals surface area contributed by atoms with Gasteiger partial charge in [0, 0.05) is 12.3 Å². The van der Waals surface area contributed by atoms with Crippen LogP contribution >= 0.6 is 0 Å². The molecule has 2 fully saturated rings. The first kappa shape index (κ1) is 12.3. The molecule has 94 valence electrons. The van der Waals surface area contributed by atoms with E-state index in [9.17, 15) is 0 Å². The molecule has 0 aromatic heterocycles. The lowest BCUT2D eigenvalue weighted by molar-refractivity contribution is -0.240. The molecule has 16 heavy (non-hydrogen) atoms. The first-order valence-electron chi connectivity index (χ1n) is 6.50. The van der Waals surface area contributed by atoms with E-state index in [4.69, 9.17) is 14.6 Å². The van der Waals surface area contributed by atoms with Crippen molar-refractivity contribution in [3.63, 3.8) is 0 Å². The van der Waals surface area contributed by atoms with Gasteiger partial charge in [0.25, 0.3) is 0 Å². The summed E-state index contributed by atoms with van der Waals surface area (Å²) in [6.07, 6.45) is 3.30. The fourth-order valence-electron chi connectivity index (χ4n) is 3.24. The fraction of sp³-hybridized carbons (Fsp3) is 1.00. The summed E-state index contributed by atoms with van der Waals surface area (Å²) < 4.78 is 12.0. The van der Waals surface area contributed by atoms with E-state index in [0.717, 1.165) is 6.42 Å². The van der Waals surface area contributed by atoms with Crippen molar-refractivity contribution in [2.24, 2.45) is 17.8 Å². The Labute approximate surface area is 98.1 Å². The highest BCUT2D eigenvalue weighted by Gasteiger charge is 2.51. The van der Waals surface area contributed by atoms with E-state index in [0.29, 0.717) is 24.4 Å². The first-order chi connectivity index (χ1) is 7.57. The van der Waals surface area contributed by atoms with Gasteiger partial charge in [-0.15, -0.1) is 0 Å². The third-order valence-electron chi connectivity index (χ3n) is 4.06. The van der Waals surface area contributed by atoms with E-state index in [2.05, 4.69) is 20.8 Å². The van der Waals surface area contributed by atoms with Crippen LogP contribution in [0.4, 0.5) is 0 Å². The number of hydrogen-bond acceptors (Lipinski definition) is 3. The summed E-state index contributed by atoms with van der Waals surface area (Å²) in [6.45, 7) is 7.35. The molecule has 3 nitrogen and oxygen atoms in total. The molecule has 3 unspecified atom stereocenters. The smallest absolute Gasteiger partial charge is 0.172 e. The minimum atomic E-state index is -0.404. The molecular formula is C13H24O3. The third kappa shape index (κ3) is 2.13. The summed E-state index contributed by atoms with van der Waals surface area (Å²) >= 11 is 0. The van der Waals surface area contributed by atoms with Crippen LogP contribution in [0.5, 0.6) is 0 Å². The topological polar surface area (TPSA) is 38.7 Å². The molecule has 0 amide bonds. The lowest BCUT2D eigenvalue weighted by Gasteiger charge is -2.44. The van der Waals surface area contributed by atoms with Crippen molar-refractivity contribution in [1.82, 2.24) is 0 Å². The average molecular weight is 228 g/mol. The second-order valence-corrected chi connectivity index (χ2v) is 5.78. The predicted octanol–water partition coefficient (Wildman–Crippen LogP) is 2.18. The minimum absolute atomic E-state index is 0.0704. The van der Waals surface area contributed by atoms with Crippen molar-refractivity contribution in [1.29, 1.82) is 0 Å². The van der Waals surface area contributed by atoms with E-state index in [1.54, 1.807) is 0 Å². The normalized spacial score (nSPS) is 44.4. The molecule has 0 aromatic carbocycles. The van der Waals surface area contributed by atoms with Gasteiger partial charge in [-0.1, -0.05) is 27.2 Å². The van der Waals surface area contributed by atoms with Gasteiger partial charge < -0.3 is 14.6 Å². The lowest BCUT2D eigenvalue weighted by Crippen LogP contribution is -2.47. The Morgan fingerprint density at radius 3 is 2.69 bits per heavy atom. The summed E-state index contributed by atoms with van der Waals surface area (Å²) in [5.41, 5.74) is 0. The van der Waals surface area contributed by atoms with Crippen molar-refractivity contribution in [3.8, 4) is 0 Å². The molecule has 1 aliphatic carbocycles. The standard InChI is InChI=1S/C13H24O3/c1-9(2)12-5-4-10(3)6-13(12)15-8-11(7-14)16-13/h9-12,14H,4-8H2,1-3H3/t10?,11?,12?,13-/m1/s1. The molecule has 0 bridgehead atoms. The second-order valence-electron chi connectivity index (χ2n) is 5.78. The Hall–Kier alpha value is -0.120. The highest BCUT2D eigenvalue weighted by molar-refractivity contribution is 4.92. The van der Waals surface area contributed by atoms with Crippen LogP contribution in [-0.2, 0) is 9.47 Å². The first-order valence-corrected chi connectivity index (χ1v) is 6.50. The van der Waals surface area contributed by atoms with Gasteiger partial charge in [-0.3, -0.25) is 0 Å². The molecule has 1 aliphatic heterocycles. The molecule has 4 atom stereocenters. The monoisotopic (exact) mass is 228 g/mol. The van der Waals surface area contributed by atoms with Crippen LogP contribution in [0, 0.1) is 17.8 Å². The fourth-order valence-corrected chi connectivity index (χ4v) is 3.24. The summed E-state index contributed by atoms with van der Waals surface area (Å²) in [5, 5.41) is 9.17. The van der Waals surface area contributed by atoms with Crippen LogP contribution in [0.15, 0.2) is 0 Å². The highest BCUT2D eigenvalue weighted by atomic mass is 16.7. The highest BCUT2D eigenvalue weighted by Crippen LogP contribution is 2.47. The summed E-state index contributed by atoms with van der Waals surface area (Å²) in [6, 6.07) is 0. The lowest BCUT2D eigenvalue weighted by atomic mass is 9.73. The van der Waals surface area contributed by atoms with Crippen LogP contribution in [0.2, 0.25) is 0 Å². The van der Waals surface area contributed by atoms with E-state index in [1.807, 2.05) is 0 Å². The van der Waals surface area contributed by atoms with Crippen molar-refractivity contribution >= 4 is 0 Å². The van der Waals surface area contributed by atoms with Crippen LogP contribution < -0.4 is 0 Å². The van der Waals surface area contributed by atoms with Crippen LogP contribution in [0.25, 0.3) is 0 Å². The number of aliphatic hydroxyl groups excluding tert-OH is 1. The maximum atomic E-state index is 9.17. The van der Waals surface area contributed by atoms with Gasteiger partial charge in [-0.05, 0) is 18.3 Å². The van der Waals surface area contributed by atoms with Gasteiger partial charge in [0.2, 0.25) is 0 Å². The molecule has 1 saturated heterocycles. The third-order valence-corrected chi connectivity index (χ3v) is 4.06. The van der Waals surface area contributed by atoms with Gasteiger partial charge in [0.1, 0.15) is 6.10 Å². The van der Waals surface area contributed by atoms with E-state index in [1.165, 1.54) is 12.8 Å². The molecular weight excluding hydrogens is 204 g/mol. The Bertz CT molecular complexity index is 241. The van der Waals surface area contributed by atoms with E-state index >= 15 is 0 Å². The predicted molar refractivity (Wildman–Crippen MR) is 62.0 cm³/mol. The molecule has 1 saturated carbocycles. The average Bonchev–Trinajstić information content (AvgIpc) is 2.61. The minimum Gasteiger partial charge on any atom is -0.394 e. The number of aliphatic hydroxyl groups is 1. The van der Waals surface area contributed by atoms with Crippen LogP contribution in [-0.4, -0.2) is 30.2 Å². The maximum Gasteiger partial charge on any atom is 0.172 e. The summed E-state index contributed by atoms with van der Waals surface area (Å²) in [7, 11) is 0. The summed E-state index contributed by atoms with van der Waals surface area (Å²) in [5.74, 6) is 1.30. The largest absolute Gasteiger partial charge is 0.394 e. The molecule has 3 heteroatoms.